The number of rotatable bonds is 1. The van der Waals surface area contributed by atoms with Gasteiger partial charge in [0, 0.05) is 18.6 Å². The van der Waals surface area contributed by atoms with Crippen molar-refractivity contribution in [2.45, 2.75) is 18.9 Å². The zero-order valence-electron chi connectivity index (χ0n) is 11.7. The predicted octanol–water partition coefficient (Wildman–Crippen LogP) is 2.95. The number of fused-ring (bicyclic) bond motifs is 3. The third-order valence-corrected chi connectivity index (χ3v) is 4.48. The maximum Gasteiger partial charge on any atom is 0.270 e. The van der Waals surface area contributed by atoms with Crippen molar-refractivity contribution in [3.8, 4) is 5.75 Å². The first kappa shape index (κ1) is 13.0. The molecular formula is C17H13NO4. The molecule has 2 aromatic carbocycles. The molecule has 1 aliphatic carbocycles. The van der Waals surface area contributed by atoms with E-state index in [1.54, 1.807) is 0 Å². The molecular weight excluding hydrogens is 282 g/mol. The van der Waals surface area contributed by atoms with Crippen molar-refractivity contribution in [1.29, 1.82) is 0 Å². The van der Waals surface area contributed by atoms with Gasteiger partial charge in [-0.3, -0.25) is 14.9 Å². The molecule has 0 saturated heterocycles. The number of hydrogen-bond acceptors (Lipinski definition) is 4. The van der Waals surface area contributed by atoms with E-state index in [4.69, 9.17) is 4.74 Å². The molecule has 0 spiro atoms. The van der Waals surface area contributed by atoms with Gasteiger partial charge in [0.05, 0.1) is 16.4 Å². The summed E-state index contributed by atoms with van der Waals surface area (Å²) >= 11 is 0. The largest absolute Gasteiger partial charge is 0.489 e. The van der Waals surface area contributed by atoms with Crippen LogP contribution in [0.5, 0.6) is 5.75 Å². The van der Waals surface area contributed by atoms with E-state index in [1.807, 2.05) is 18.2 Å². The van der Waals surface area contributed by atoms with Gasteiger partial charge in [-0.1, -0.05) is 24.3 Å². The summed E-state index contributed by atoms with van der Waals surface area (Å²) in [6.07, 6.45) is 1.14. The van der Waals surface area contributed by atoms with Gasteiger partial charge >= 0.3 is 0 Å². The summed E-state index contributed by atoms with van der Waals surface area (Å²) in [5.74, 6) is 0.144. The lowest BCUT2D eigenvalue weighted by atomic mass is 9.76. The van der Waals surface area contributed by atoms with Gasteiger partial charge in [0.15, 0.2) is 5.78 Å². The topological polar surface area (TPSA) is 69.4 Å². The number of nitro groups is 1. The van der Waals surface area contributed by atoms with E-state index in [1.165, 1.54) is 23.8 Å². The van der Waals surface area contributed by atoms with Crippen molar-refractivity contribution in [2.24, 2.45) is 5.92 Å². The fourth-order valence-electron chi connectivity index (χ4n) is 3.36. The summed E-state index contributed by atoms with van der Waals surface area (Å²) in [5, 5.41) is 10.9. The van der Waals surface area contributed by atoms with E-state index in [2.05, 4.69) is 6.07 Å². The van der Waals surface area contributed by atoms with Crippen LogP contribution in [0.3, 0.4) is 0 Å². The second-order valence-electron chi connectivity index (χ2n) is 5.74. The number of carbonyl (C=O) groups excluding carboxylic acids is 1. The van der Waals surface area contributed by atoms with Crippen molar-refractivity contribution < 1.29 is 14.5 Å². The zero-order chi connectivity index (χ0) is 15.3. The highest BCUT2D eigenvalue weighted by atomic mass is 16.6. The Balaban J connectivity index is 1.75. The van der Waals surface area contributed by atoms with E-state index >= 15 is 0 Å². The van der Waals surface area contributed by atoms with Crippen molar-refractivity contribution in [1.82, 2.24) is 0 Å². The standard InChI is InChI=1S/C17H13NO4/c19-17-13-7-10-3-1-2-4-11(10)8-16(13)22-15-6-5-12(18(20)21)9-14(15)17/h1-6,9,13,16H,7-8H2/t13-,16-/m1/s1. The lowest BCUT2D eigenvalue weighted by Gasteiger charge is -2.36. The number of hydrogen-bond donors (Lipinski definition) is 0. The van der Waals surface area contributed by atoms with Gasteiger partial charge in [0.1, 0.15) is 11.9 Å². The van der Waals surface area contributed by atoms with Gasteiger partial charge in [0.25, 0.3) is 5.69 Å². The molecule has 2 aliphatic rings. The molecule has 0 aromatic heterocycles. The Labute approximate surface area is 126 Å². The fraction of sp³-hybridized carbons (Fsp3) is 0.235. The average Bonchev–Trinajstić information content (AvgIpc) is 2.53. The van der Waals surface area contributed by atoms with Gasteiger partial charge in [0.2, 0.25) is 0 Å². The van der Waals surface area contributed by atoms with Gasteiger partial charge in [-0.25, -0.2) is 0 Å². The first-order valence-corrected chi connectivity index (χ1v) is 7.19. The van der Waals surface area contributed by atoms with Crippen molar-refractivity contribution in [2.75, 3.05) is 0 Å². The Hall–Kier alpha value is -2.69. The summed E-state index contributed by atoms with van der Waals surface area (Å²) in [4.78, 5) is 23.1. The summed E-state index contributed by atoms with van der Waals surface area (Å²) in [6.45, 7) is 0. The second kappa shape index (κ2) is 4.66. The van der Waals surface area contributed by atoms with Gasteiger partial charge in [-0.2, -0.15) is 0 Å². The number of nitro benzene ring substituents is 1. The summed E-state index contributed by atoms with van der Waals surface area (Å²) in [6, 6.07) is 12.3. The molecule has 22 heavy (non-hydrogen) atoms. The number of Topliss-reactive ketones (excluding diaryl/α,β-unsaturated/α-hetero) is 1. The SMILES string of the molecule is O=C1c2cc([N+](=O)[O-])ccc2O[C@@H]2Cc3ccccc3C[C@@H]12. The smallest absolute Gasteiger partial charge is 0.270 e. The first-order chi connectivity index (χ1) is 10.6. The maximum absolute atomic E-state index is 12.7. The summed E-state index contributed by atoms with van der Waals surface area (Å²) in [5.41, 5.74) is 2.62. The Morgan fingerprint density at radius 2 is 1.82 bits per heavy atom. The lowest BCUT2D eigenvalue weighted by Crippen LogP contribution is -2.43. The van der Waals surface area contributed by atoms with Gasteiger partial charge < -0.3 is 4.74 Å². The highest BCUT2D eigenvalue weighted by Gasteiger charge is 2.40. The number of non-ortho nitro benzene ring substituents is 1. The molecule has 0 fully saturated rings. The molecule has 1 aliphatic heterocycles. The van der Waals surface area contributed by atoms with E-state index in [9.17, 15) is 14.9 Å². The van der Waals surface area contributed by atoms with Crippen LogP contribution in [-0.2, 0) is 12.8 Å². The molecule has 2 atom stereocenters. The molecule has 110 valence electrons. The molecule has 5 nitrogen and oxygen atoms in total. The molecule has 4 rings (SSSR count). The molecule has 0 radical (unpaired) electrons. The number of ketones is 1. The first-order valence-electron chi connectivity index (χ1n) is 7.19. The molecule has 2 aromatic rings. The average molecular weight is 295 g/mol. The van der Waals surface area contributed by atoms with Crippen molar-refractivity contribution >= 4 is 11.5 Å². The molecule has 1 heterocycles. The lowest BCUT2D eigenvalue weighted by molar-refractivity contribution is -0.384. The molecule has 0 unspecified atom stereocenters. The van der Waals surface area contributed by atoms with Crippen LogP contribution in [0.4, 0.5) is 5.69 Å². The molecule has 0 N–H and O–H groups in total. The van der Waals surface area contributed by atoms with E-state index in [0.29, 0.717) is 24.2 Å². The minimum absolute atomic E-state index is 0.0514. The highest BCUT2D eigenvalue weighted by molar-refractivity contribution is 6.02. The Morgan fingerprint density at radius 1 is 1.09 bits per heavy atom. The minimum Gasteiger partial charge on any atom is -0.489 e. The Morgan fingerprint density at radius 3 is 2.55 bits per heavy atom. The number of carbonyl (C=O) groups is 1. The quantitative estimate of drug-likeness (QED) is 0.599. The molecule has 5 heteroatoms. The monoisotopic (exact) mass is 295 g/mol. The van der Waals surface area contributed by atoms with Crippen LogP contribution in [0.2, 0.25) is 0 Å². The zero-order valence-corrected chi connectivity index (χ0v) is 11.7. The second-order valence-corrected chi connectivity index (χ2v) is 5.74. The van der Waals surface area contributed by atoms with Crippen LogP contribution < -0.4 is 4.74 Å². The van der Waals surface area contributed by atoms with Gasteiger partial charge in [-0.15, -0.1) is 0 Å². The normalized spacial score (nSPS) is 22.1. The number of benzene rings is 2. The van der Waals surface area contributed by atoms with Crippen LogP contribution in [0.15, 0.2) is 42.5 Å². The summed E-state index contributed by atoms with van der Waals surface area (Å²) < 4.78 is 5.95. The van der Waals surface area contributed by atoms with Crippen LogP contribution >= 0.6 is 0 Å². The van der Waals surface area contributed by atoms with Crippen molar-refractivity contribution in [3.63, 3.8) is 0 Å². The number of nitrogens with zero attached hydrogens (tertiary/aromatic N) is 1. The highest BCUT2D eigenvalue weighted by Crippen LogP contribution is 2.38. The molecule has 0 bridgehead atoms. The fourth-order valence-corrected chi connectivity index (χ4v) is 3.36. The molecule has 0 amide bonds. The number of ether oxygens (including phenoxy) is 1. The summed E-state index contributed by atoms with van der Waals surface area (Å²) in [7, 11) is 0. The van der Waals surface area contributed by atoms with Crippen LogP contribution in [0, 0.1) is 16.0 Å². The third-order valence-electron chi connectivity index (χ3n) is 4.48. The molecule has 0 saturated carbocycles. The van der Waals surface area contributed by atoms with Crippen LogP contribution in [0.25, 0.3) is 0 Å². The van der Waals surface area contributed by atoms with Gasteiger partial charge in [-0.05, 0) is 23.6 Å². The van der Waals surface area contributed by atoms with Crippen LogP contribution in [-0.4, -0.2) is 16.8 Å². The van der Waals surface area contributed by atoms with Crippen LogP contribution in [0.1, 0.15) is 21.5 Å². The Bertz CT molecular complexity index is 799. The Kier molecular flexibility index (Phi) is 2.76. The minimum atomic E-state index is -0.490. The van der Waals surface area contributed by atoms with E-state index in [-0.39, 0.29) is 23.5 Å². The van der Waals surface area contributed by atoms with E-state index in [0.717, 1.165) is 5.56 Å². The predicted molar refractivity (Wildman–Crippen MR) is 79.2 cm³/mol. The third kappa shape index (κ3) is 1.89. The van der Waals surface area contributed by atoms with E-state index < -0.39 is 4.92 Å². The van der Waals surface area contributed by atoms with Crippen molar-refractivity contribution in [3.05, 3.63) is 69.3 Å². The maximum atomic E-state index is 12.7.